The van der Waals surface area contributed by atoms with Crippen molar-refractivity contribution in [3.63, 3.8) is 0 Å². The van der Waals surface area contributed by atoms with Crippen molar-refractivity contribution in [1.82, 2.24) is 4.98 Å². The lowest BCUT2D eigenvalue weighted by atomic mass is 9.63. The second-order valence-corrected chi connectivity index (χ2v) is 6.70. The summed E-state index contributed by atoms with van der Waals surface area (Å²) < 4.78 is 0. The molecule has 1 saturated carbocycles. The zero-order chi connectivity index (χ0) is 12.7. The van der Waals surface area contributed by atoms with Gasteiger partial charge >= 0.3 is 0 Å². The van der Waals surface area contributed by atoms with Crippen LogP contribution in [0.25, 0.3) is 0 Å². The molecule has 2 atom stereocenters. The highest BCUT2D eigenvalue weighted by atomic mass is 14.8. The predicted octanol–water partition coefficient (Wildman–Crippen LogP) is 3.39. The van der Waals surface area contributed by atoms with E-state index in [1.165, 1.54) is 12.0 Å². The largest absolute Gasteiger partial charge is 0.321 e. The molecular weight excluding hydrogens is 208 g/mol. The van der Waals surface area contributed by atoms with Crippen LogP contribution >= 0.6 is 0 Å². The zero-order valence-corrected chi connectivity index (χ0v) is 11.5. The van der Waals surface area contributed by atoms with Crippen molar-refractivity contribution in [2.75, 3.05) is 0 Å². The molecule has 2 nitrogen and oxygen atoms in total. The topological polar surface area (TPSA) is 38.9 Å². The summed E-state index contributed by atoms with van der Waals surface area (Å²) in [6.45, 7) is 8.97. The van der Waals surface area contributed by atoms with Crippen molar-refractivity contribution in [3.05, 3.63) is 29.6 Å². The first-order valence-corrected chi connectivity index (χ1v) is 6.53. The van der Waals surface area contributed by atoms with E-state index in [4.69, 9.17) is 5.73 Å². The Bertz CT molecular complexity index is 394. The summed E-state index contributed by atoms with van der Waals surface area (Å²) >= 11 is 0. The fourth-order valence-electron chi connectivity index (χ4n) is 3.62. The molecular formula is C15H24N2. The number of rotatable bonds is 1. The van der Waals surface area contributed by atoms with Crippen molar-refractivity contribution in [2.45, 2.75) is 52.5 Å². The van der Waals surface area contributed by atoms with Crippen LogP contribution in [0, 0.1) is 18.3 Å². The van der Waals surface area contributed by atoms with Crippen LogP contribution in [0.15, 0.2) is 18.3 Å². The average Bonchev–Trinajstić information content (AvgIpc) is 2.14. The van der Waals surface area contributed by atoms with Crippen LogP contribution in [0.2, 0.25) is 0 Å². The van der Waals surface area contributed by atoms with Gasteiger partial charge < -0.3 is 5.73 Å². The molecule has 2 N–H and O–H groups in total. The monoisotopic (exact) mass is 232 g/mol. The number of nitrogens with two attached hydrogens (primary N) is 1. The van der Waals surface area contributed by atoms with Gasteiger partial charge in [-0.3, -0.25) is 4.98 Å². The quantitative estimate of drug-likeness (QED) is 0.806. The van der Waals surface area contributed by atoms with Crippen molar-refractivity contribution in [3.8, 4) is 0 Å². The van der Waals surface area contributed by atoms with E-state index in [9.17, 15) is 0 Å². The van der Waals surface area contributed by atoms with Gasteiger partial charge in [-0.15, -0.1) is 0 Å². The van der Waals surface area contributed by atoms with Gasteiger partial charge in [0.1, 0.15) is 0 Å². The van der Waals surface area contributed by atoms with Crippen LogP contribution in [0.3, 0.4) is 0 Å². The number of aromatic nitrogens is 1. The van der Waals surface area contributed by atoms with E-state index in [1.807, 2.05) is 13.1 Å². The van der Waals surface area contributed by atoms with E-state index in [0.29, 0.717) is 11.3 Å². The van der Waals surface area contributed by atoms with Crippen molar-refractivity contribution >= 4 is 0 Å². The summed E-state index contributed by atoms with van der Waals surface area (Å²) in [5.74, 6) is 0.685. The Morgan fingerprint density at radius 1 is 1.29 bits per heavy atom. The Hall–Kier alpha value is -0.890. The third-order valence-corrected chi connectivity index (χ3v) is 3.89. The number of aryl methyl sites for hydroxylation is 1. The summed E-state index contributed by atoms with van der Waals surface area (Å²) in [7, 11) is 0. The summed E-state index contributed by atoms with van der Waals surface area (Å²) in [6.07, 6.45) is 5.35. The van der Waals surface area contributed by atoms with Gasteiger partial charge in [0.05, 0.1) is 0 Å². The molecule has 17 heavy (non-hydrogen) atoms. The molecule has 2 heteroatoms. The first-order chi connectivity index (χ1) is 7.81. The van der Waals surface area contributed by atoms with Crippen LogP contribution in [-0.2, 0) is 5.54 Å². The molecule has 0 amide bonds. The molecule has 0 saturated heterocycles. The molecule has 2 unspecified atom stereocenters. The summed E-state index contributed by atoms with van der Waals surface area (Å²) in [6, 6.07) is 4.21. The minimum atomic E-state index is -0.193. The van der Waals surface area contributed by atoms with E-state index in [0.717, 1.165) is 18.5 Å². The maximum atomic E-state index is 6.66. The number of hydrogen-bond acceptors (Lipinski definition) is 2. The average molecular weight is 232 g/mol. The molecule has 1 aromatic rings. The minimum Gasteiger partial charge on any atom is -0.321 e. The van der Waals surface area contributed by atoms with Crippen LogP contribution in [0.5, 0.6) is 0 Å². The molecule has 0 bridgehead atoms. The first kappa shape index (κ1) is 12.6. The Labute approximate surface area is 105 Å². The van der Waals surface area contributed by atoms with Gasteiger partial charge in [-0.1, -0.05) is 26.8 Å². The molecule has 1 heterocycles. The van der Waals surface area contributed by atoms with Crippen LogP contribution in [-0.4, -0.2) is 4.98 Å². The smallest absolute Gasteiger partial charge is 0.0432 e. The summed E-state index contributed by atoms with van der Waals surface area (Å²) in [5.41, 5.74) is 9.05. The van der Waals surface area contributed by atoms with Crippen LogP contribution in [0.1, 0.15) is 51.3 Å². The minimum absolute atomic E-state index is 0.193. The lowest BCUT2D eigenvalue weighted by molar-refractivity contribution is 0.107. The number of pyridine rings is 1. The molecule has 1 fully saturated rings. The predicted molar refractivity (Wildman–Crippen MR) is 71.6 cm³/mol. The molecule has 1 aliphatic carbocycles. The lowest BCUT2D eigenvalue weighted by Crippen LogP contribution is -2.46. The third kappa shape index (κ3) is 2.68. The molecule has 0 aliphatic heterocycles. The number of hydrogen-bond donors (Lipinski definition) is 1. The van der Waals surface area contributed by atoms with Gasteiger partial charge in [0.2, 0.25) is 0 Å². The Balaban J connectivity index is 2.31. The van der Waals surface area contributed by atoms with Gasteiger partial charge in [0, 0.05) is 17.4 Å². The van der Waals surface area contributed by atoms with Gasteiger partial charge in [-0.05, 0) is 49.1 Å². The van der Waals surface area contributed by atoms with E-state index in [-0.39, 0.29) is 5.54 Å². The Morgan fingerprint density at radius 3 is 2.53 bits per heavy atom. The fraction of sp³-hybridized carbons (Fsp3) is 0.667. The fourth-order valence-corrected chi connectivity index (χ4v) is 3.62. The maximum absolute atomic E-state index is 6.66. The molecule has 0 aromatic carbocycles. The van der Waals surface area contributed by atoms with E-state index in [2.05, 4.69) is 37.9 Å². The third-order valence-electron chi connectivity index (χ3n) is 3.89. The molecule has 94 valence electrons. The van der Waals surface area contributed by atoms with Crippen LogP contribution in [0.4, 0.5) is 0 Å². The zero-order valence-electron chi connectivity index (χ0n) is 11.5. The van der Waals surface area contributed by atoms with Crippen LogP contribution < -0.4 is 5.73 Å². The molecule has 0 spiro atoms. The Kier molecular flexibility index (Phi) is 3.03. The van der Waals surface area contributed by atoms with Crippen molar-refractivity contribution in [1.29, 1.82) is 0 Å². The Morgan fingerprint density at radius 2 is 2.00 bits per heavy atom. The molecule has 2 rings (SSSR count). The van der Waals surface area contributed by atoms with E-state index in [1.54, 1.807) is 0 Å². The maximum Gasteiger partial charge on any atom is 0.0432 e. The molecule has 0 radical (unpaired) electrons. The highest BCUT2D eigenvalue weighted by Gasteiger charge is 2.41. The molecule has 1 aliphatic rings. The number of nitrogens with zero attached hydrogens (tertiary/aromatic N) is 1. The SMILES string of the molecule is Cc1ccc(C2(N)CC(C)CC(C)(C)C2)cn1. The van der Waals surface area contributed by atoms with Gasteiger partial charge in [-0.2, -0.15) is 0 Å². The van der Waals surface area contributed by atoms with E-state index >= 15 is 0 Å². The summed E-state index contributed by atoms with van der Waals surface area (Å²) in [5, 5.41) is 0. The van der Waals surface area contributed by atoms with Crippen molar-refractivity contribution in [2.24, 2.45) is 17.1 Å². The highest BCUT2D eigenvalue weighted by molar-refractivity contribution is 5.24. The standard InChI is InChI=1S/C15H24N2/c1-11-7-14(3,4)10-15(16,8-11)13-6-5-12(2)17-9-13/h5-6,9,11H,7-8,10,16H2,1-4H3. The second-order valence-electron chi connectivity index (χ2n) is 6.70. The molecule has 1 aromatic heterocycles. The van der Waals surface area contributed by atoms with E-state index < -0.39 is 0 Å². The normalized spacial score (nSPS) is 32.4. The lowest BCUT2D eigenvalue weighted by Gasteiger charge is -2.45. The highest BCUT2D eigenvalue weighted by Crippen LogP contribution is 2.46. The van der Waals surface area contributed by atoms with Gasteiger partial charge in [0.15, 0.2) is 0 Å². The van der Waals surface area contributed by atoms with Crippen molar-refractivity contribution < 1.29 is 0 Å². The van der Waals surface area contributed by atoms with Gasteiger partial charge in [0.25, 0.3) is 0 Å². The second kappa shape index (κ2) is 4.09. The summed E-state index contributed by atoms with van der Waals surface area (Å²) in [4.78, 5) is 4.39. The first-order valence-electron chi connectivity index (χ1n) is 6.53. The van der Waals surface area contributed by atoms with Gasteiger partial charge in [-0.25, -0.2) is 0 Å².